The number of nitrogens with zero attached hydrogens (tertiary/aromatic N) is 1. The summed E-state index contributed by atoms with van der Waals surface area (Å²) in [6.45, 7) is 7.59. The zero-order chi connectivity index (χ0) is 27.9. The average Bonchev–Trinajstić information content (AvgIpc) is 2.92. The van der Waals surface area contributed by atoms with E-state index in [0.717, 1.165) is 25.8 Å². The third kappa shape index (κ3) is 25.7. The van der Waals surface area contributed by atoms with Crippen LogP contribution in [0.1, 0.15) is 188 Å². The summed E-state index contributed by atoms with van der Waals surface area (Å²) < 4.78 is 5.71. The number of unbranched alkanes of at least 4 members (excludes halogenated alkanes) is 23. The van der Waals surface area contributed by atoms with Gasteiger partial charge < -0.3 is 14.7 Å². The van der Waals surface area contributed by atoms with Gasteiger partial charge in [0.15, 0.2) is 0 Å². The molecule has 228 valence electrons. The number of rotatable bonds is 31. The standard InChI is InChI=1S/C34H69NO3/c1-4-6-8-10-12-14-16-17-18-20-22-24-26-28-30-35(33(3)38-32-31-36)34(37)29-27-25-23-21-19-15-13-11-9-7-5-2/h33,36H,4-32H2,1-3H3. The van der Waals surface area contributed by atoms with E-state index < -0.39 is 0 Å². The van der Waals surface area contributed by atoms with Gasteiger partial charge in [0, 0.05) is 13.0 Å². The monoisotopic (exact) mass is 540 g/mol. The van der Waals surface area contributed by atoms with Gasteiger partial charge >= 0.3 is 0 Å². The van der Waals surface area contributed by atoms with Crippen LogP contribution in [0.4, 0.5) is 0 Å². The first-order valence-electron chi connectivity index (χ1n) is 17.2. The number of hydrogen-bond donors (Lipinski definition) is 1. The fourth-order valence-corrected chi connectivity index (χ4v) is 5.38. The van der Waals surface area contributed by atoms with Crippen molar-refractivity contribution in [2.45, 2.75) is 194 Å². The molecule has 0 saturated carbocycles. The molecule has 1 N–H and O–H groups in total. The molecule has 0 aromatic carbocycles. The van der Waals surface area contributed by atoms with Gasteiger partial charge in [0.2, 0.25) is 5.91 Å². The highest BCUT2D eigenvalue weighted by molar-refractivity contribution is 5.76. The lowest BCUT2D eigenvalue weighted by atomic mass is 10.0. The molecule has 0 bridgehead atoms. The highest BCUT2D eigenvalue weighted by Crippen LogP contribution is 2.16. The molecule has 1 unspecified atom stereocenters. The highest BCUT2D eigenvalue weighted by atomic mass is 16.5. The van der Waals surface area contributed by atoms with Gasteiger partial charge in [0.1, 0.15) is 6.23 Å². The van der Waals surface area contributed by atoms with Gasteiger partial charge in [0.25, 0.3) is 0 Å². The van der Waals surface area contributed by atoms with Gasteiger partial charge in [-0.15, -0.1) is 0 Å². The van der Waals surface area contributed by atoms with Crippen LogP contribution in [0.5, 0.6) is 0 Å². The molecule has 0 aliphatic rings. The van der Waals surface area contributed by atoms with Gasteiger partial charge in [-0.1, -0.05) is 162 Å². The first-order chi connectivity index (χ1) is 18.7. The molecule has 0 saturated heterocycles. The smallest absolute Gasteiger partial charge is 0.224 e. The van der Waals surface area contributed by atoms with E-state index in [1.807, 2.05) is 11.8 Å². The minimum Gasteiger partial charge on any atom is -0.394 e. The number of hydrogen-bond acceptors (Lipinski definition) is 3. The Morgan fingerprint density at radius 1 is 0.579 bits per heavy atom. The molecule has 0 aromatic heterocycles. The Bertz CT molecular complexity index is 471. The molecule has 4 heteroatoms. The molecule has 1 atom stereocenters. The van der Waals surface area contributed by atoms with Crippen LogP contribution in [-0.2, 0) is 9.53 Å². The predicted octanol–water partition coefficient (Wildman–Crippen LogP) is 10.4. The topological polar surface area (TPSA) is 49.8 Å². The second-order valence-electron chi connectivity index (χ2n) is 11.7. The Kier molecular flexibility index (Phi) is 30.4. The minimum absolute atomic E-state index is 0.00380. The number of carbonyl (C=O) groups excluding carboxylic acids is 1. The zero-order valence-corrected chi connectivity index (χ0v) is 26.3. The van der Waals surface area contributed by atoms with Crippen LogP contribution in [0, 0.1) is 0 Å². The molecule has 0 radical (unpaired) electrons. The first-order valence-corrected chi connectivity index (χ1v) is 17.2. The fourth-order valence-electron chi connectivity index (χ4n) is 5.38. The lowest BCUT2D eigenvalue weighted by molar-refractivity contribution is -0.146. The molecular weight excluding hydrogens is 470 g/mol. The van der Waals surface area contributed by atoms with Crippen LogP contribution in [0.25, 0.3) is 0 Å². The Balaban J connectivity index is 3.88. The van der Waals surface area contributed by atoms with Crippen molar-refractivity contribution in [3.05, 3.63) is 0 Å². The summed E-state index contributed by atoms with van der Waals surface area (Å²) in [5, 5.41) is 9.13. The van der Waals surface area contributed by atoms with Crippen molar-refractivity contribution < 1.29 is 14.6 Å². The maximum Gasteiger partial charge on any atom is 0.224 e. The Morgan fingerprint density at radius 3 is 1.29 bits per heavy atom. The summed E-state index contributed by atoms with van der Waals surface area (Å²) in [6, 6.07) is 0. The van der Waals surface area contributed by atoms with E-state index in [2.05, 4.69) is 13.8 Å². The average molecular weight is 540 g/mol. The molecule has 4 nitrogen and oxygen atoms in total. The van der Waals surface area contributed by atoms with E-state index >= 15 is 0 Å². The number of amides is 1. The maximum atomic E-state index is 13.0. The van der Waals surface area contributed by atoms with Crippen LogP contribution >= 0.6 is 0 Å². The largest absolute Gasteiger partial charge is 0.394 e. The van der Waals surface area contributed by atoms with Gasteiger partial charge in [-0.2, -0.15) is 0 Å². The third-order valence-corrected chi connectivity index (χ3v) is 7.96. The lowest BCUT2D eigenvalue weighted by Crippen LogP contribution is -2.41. The molecule has 0 spiro atoms. The maximum absolute atomic E-state index is 13.0. The second kappa shape index (κ2) is 30.9. The van der Waals surface area contributed by atoms with Crippen molar-refractivity contribution in [3.63, 3.8) is 0 Å². The summed E-state index contributed by atoms with van der Waals surface area (Å²) in [5.41, 5.74) is 0. The van der Waals surface area contributed by atoms with Crippen molar-refractivity contribution in [1.29, 1.82) is 0 Å². The second-order valence-corrected chi connectivity index (χ2v) is 11.7. The molecule has 38 heavy (non-hydrogen) atoms. The number of ether oxygens (including phenoxy) is 1. The van der Waals surface area contributed by atoms with Crippen molar-refractivity contribution in [3.8, 4) is 0 Å². The minimum atomic E-state index is -0.246. The van der Waals surface area contributed by atoms with Crippen LogP contribution < -0.4 is 0 Å². The normalized spacial score (nSPS) is 12.2. The van der Waals surface area contributed by atoms with E-state index in [0.29, 0.717) is 13.0 Å². The summed E-state index contributed by atoms with van der Waals surface area (Å²) in [6.07, 6.45) is 33.5. The quantitative estimate of drug-likeness (QED) is 0.0704. The zero-order valence-electron chi connectivity index (χ0n) is 26.3. The summed E-state index contributed by atoms with van der Waals surface area (Å²) in [5.74, 6) is 0.223. The Hall–Kier alpha value is -0.610. The summed E-state index contributed by atoms with van der Waals surface area (Å²) in [7, 11) is 0. The van der Waals surface area contributed by atoms with Gasteiger partial charge in [0.05, 0.1) is 13.2 Å². The first kappa shape index (κ1) is 37.4. The molecule has 0 rings (SSSR count). The van der Waals surface area contributed by atoms with Gasteiger partial charge in [-0.05, 0) is 19.8 Å². The van der Waals surface area contributed by atoms with Crippen LogP contribution in [0.3, 0.4) is 0 Å². The number of aliphatic hydroxyl groups excluding tert-OH is 1. The van der Waals surface area contributed by atoms with Crippen LogP contribution in [0.15, 0.2) is 0 Å². The van der Waals surface area contributed by atoms with Crippen molar-refractivity contribution in [1.82, 2.24) is 4.90 Å². The highest BCUT2D eigenvalue weighted by Gasteiger charge is 2.19. The SMILES string of the molecule is CCCCCCCCCCCCCCCCN(C(=O)CCCCCCCCCCCCC)C(C)OCCO. The number of aliphatic hydroxyl groups is 1. The van der Waals surface area contributed by atoms with Crippen LogP contribution in [0.2, 0.25) is 0 Å². The van der Waals surface area contributed by atoms with E-state index in [-0.39, 0.29) is 18.7 Å². The third-order valence-electron chi connectivity index (χ3n) is 7.96. The predicted molar refractivity (Wildman–Crippen MR) is 166 cm³/mol. The van der Waals surface area contributed by atoms with E-state index in [1.165, 1.54) is 141 Å². The molecular formula is C34H69NO3. The van der Waals surface area contributed by atoms with E-state index in [4.69, 9.17) is 9.84 Å². The molecule has 0 aliphatic heterocycles. The Morgan fingerprint density at radius 2 is 0.921 bits per heavy atom. The van der Waals surface area contributed by atoms with Gasteiger partial charge in [-0.3, -0.25) is 4.79 Å². The van der Waals surface area contributed by atoms with Crippen molar-refractivity contribution in [2.24, 2.45) is 0 Å². The molecule has 1 amide bonds. The van der Waals surface area contributed by atoms with Crippen molar-refractivity contribution >= 4 is 5.91 Å². The van der Waals surface area contributed by atoms with E-state index in [1.54, 1.807) is 0 Å². The molecule has 0 aromatic rings. The van der Waals surface area contributed by atoms with E-state index in [9.17, 15) is 4.79 Å². The van der Waals surface area contributed by atoms with Gasteiger partial charge in [-0.25, -0.2) is 0 Å². The number of carbonyl (C=O) groups is 1. The summed E-state index contributed by atoms with van der Waals surface area (Å²) >= 11 is 0. The lowest BCUT2D eigenvalue weighted by Gasteiger charge is -2.29. The summed E-state index contributed by atoms with van der Waals surface area (Å²) in [4.78, 5) is 14.9. The molecule has 0 fully saturated rings. The van der Waals surface area contributed by atoms with Crippen molar-refractivity contribution in [2.75, 3.05) is 19.8 Å². The molecule has 0 heterocycles. The Labute approximate surface area is 239 Å². The fraction of sp³-hybridized carbons (Fsp3) is 0.971. The molecule has 0 aliphatic carbocycles. The van der Waals surface area contributed by atoms with Crippen LogP contribution in [-0.4, -0.2) is 41.9 Å².